The molecule has 1 fully saturated rings. The van der Waals surface area contributed by atoms with Crippen molar-refractivity contribution in [3.05, 3.63) is 26.8 Å². The number of hydrogen-bond donors (Lipinski definition) is 1. The Labute approximate surface area is 89.2 Å². The molecule has 1 aromatic heterocycles. The first-order valence-corrected chi connectivity index (χ1v) is 5.65. The molecule has 0 bridgehead atoms. The average molecular weight is 225 g/mol. The van der Waals surface area contributed by atoms with Gasteiger partial charge in [-0.25, -0.2) is 0 Å². The molecule has 1 aliphatic heterocycles. The van der Waals surface area contributed by atoms with Crippen LogP contribution in [0.3, 0.4) is 0 Å². The minimum absolute atomic E-state index is 0.296. The summed E-state index contributed by atoms with van der Waals surface area (Å²) in [5, 5.41) is 3.88. The molecule has 5 heteroatoms. The van der Waals surface area contributed by atoms with Crippen LogP contribution in [0.25, 0.3) is 6.08 Å². The van der Waals surface area contributed by atoms with E-state index in [2.05, 4.69) is 5.32 Å². The first-order valence-electron chi connectivity index (χ1n) is 3.96. The number of imide groups is 1. The summed E-state index contributed by atoms with van der Waals surface area (Å²) in [4.78, 5) is 23.6. The lowest BCUT2D eigenvalue weighted by Gasteiger charge is -1.91. The zero-order valence-electron chi connectivity index (χ0n) is 7.37. The number of rotatable bonds is 1. The molecule has 1 saturated heterocycles. The molecular weight excluding hydrogens is 218 g/mol. The third-order valence-corrected chi connectivity index (χ3v) is 3.58. The predicted octanol–water partition coefficient (Wildman–Crippen LogP) is 2.38. The van der Waals surface area contributed by atoms with Crippen LogP contribution in [0.15, 0.2) is 16.4 Å². The van der Waals surface area contributed by atoms with E-state index in [4.69, 9.17) is 0 Å². The predicted molar refractivity (Wildman–Crippen MR) is 58.2 cm³/mol. The van der Waals surface area contributed by atoms with E-state index in [9.17, 15) is 9.59 Å². The SMILES string of the molecule is Cc1ccsc1/C=C1\SC(=O)NC1=O. The van der Waals surface area contributed by atoms with E-state index in [1.807, 2.05) is 18.4 Å². The highest BCUT2D eigenvalue weighted by atomic mass is 32.2. The van der Waals surface area contributed by atoms with Crippen molar-refractivity contribution in [3.8, 4) is 0 Å². The second kappa shape index (κ2) is 3.59. The van der Waals surface area contributed by atoms with Crippen LogP contribution < -0.4 is 5.32 Å². The largest absolute Gasteiger partial charge is 0.290 e. The fraction of sp³-hybridized carbons (Fsp3) is 0.111. The highest BCUT2D eigenvalue weighted by Gasteiger charge is 2.25. The van der Waals surface area contributed by atoms with Gasteiger partial charge in [0.05, 0.1) is 4.91 Å². The second-order valence-corrected chi connectivity index (χ2v) is 4.78. The van der Waals surface area contributed by atoms with Crippen molar-refractivity contribution in [2.45, 2.75) is 6.92 Å². The summed E-state index contributed by atoms with van der Waals surface area (Å²) in [5.74, 6) is -0.298. The van der Waals surface area contributed by atoms with Crippen molar-refractivity contribution in [3.63, 3.8) is 0 Å². The summed E-state index contributed by atoms with van der Waals surface area (Å²) in [5.41, 5.74) is 1.12. The van der Waals surface area contributed by atoms with Crippen LogP contribution in [0.2, 0.25) is 0 Å². The first kappa shape index (κ1) is 9.48. The molecule has 72 valence electrons. The lowest BCUT2D eigenvalue weighted by atomic mass is 10.3. The molecule has 0 aromatic carbocycles. The summed E-state index contributed by atoms with van der Waals surface area (Å²) in [7, 11) is 0. The molecule has 2 amide bonds. The van der Waals surface area contributed by atoms with Crippen LogP contribution in [0.5, 0.6) is 0 Å². The van der Waals surface area contributed by atoms with Gasteiger partial charge in [-0.2, -0.15) is 0 Å². The molecule has 2 heterocycles. The molecule has 0 spiro atoms. The van der Waals surface area contributed by atoms with Gasteiger partial charge in [0.1, 0.15) is 0 Å². The molecule has 0 saturated carbocycles. The van der Waals surface area contributed by atoms with E-state index >= 15 is 0 Å². The van der Waals surface area contributed by atoms with Crippen LogP contribution in [0.4, 0.5) is 4.79 Å². The Kier molecular flexibility index (Phi) is 2.43. The lowest BCUT2D eigenvalue weighted by Crippen LogP contribution is -2.17. The van der Waals surface area contributed by atoms with Crippen molar-refractivity contribution in [1.82, 2.24) is 5.32 Å². The van der Waals surface area contributed by atoms with E-state index < -0.39 is 0 Å². The van der Waals surface area contributed by atoms with Gasteiger partial charge in [0, 0.05) is 4.88 Å². The monoisotopic (exact) mass is 225 g/mol. The second-order valence-electron chi connectivity index (χ2n) is 2.82. The summed E-state index contributed by atoms with van der Waals surface area (Å²) >= 11 is 2.51. The maximum atomic E-state index is 11.2. The number of thiophene rings is 1. The summed E-state index contributed by atoms with van der Waals surface area (Å²) < 4.78 is 0. The Morgan fingerprint density at radius 2 is 2.21 bits per heavy atom. The van der Waals surface area contributed by atoms with Gasteiger partial charge in [-0.1, -0.05) is 0 Å². The molecule has 1 aliphatic rings. The normalized spacial score (nSPS) is 19.1. The zero-order valence-corrected chi connectivity index (χ0v) is 9.00. The number of amides is 2. The van der Waals surface area contributed by atoms with Gasteiger partial charge in [-0.3, -0.25) is 14.9 Å². The Hall–Kier alpha value is -1.07. The van der Waals surface area contributed by atoms with Gasteiger partial charge in [-0.15, -0.1) is 11.3 Å². The summed E-state index contributed by atoms with van der Waals surface area (Å²) in [6.07, 6.45) is 1.75. The third-order valence-electron chi connectivity index (χ3n) is 1.81. The Morgan fingerprint density at radius 1 is 1.43 bits per heavy atom. The minimum Gasteiger partial charge on any atom is -0.282 e. The molecule has 1 aromatic rings. The molecule has 0 aliphatic carbocycles. The molecule has 0 radical (unpaired) electrons. The molecule has 1 N–H and O–H groups in total. The van der Waals surface area contributed by atoms with Crippen molar-refractivity contribution >= 4 is 40.3 Å². The highest BCUT2D eigenvalue weighted by molar-refractivity contribution is 8.18. The van der Waals surface area contributed by atoms with E-state index in [1.165, 1.54) is 0 Å². The van der Waals surface area contributed by atoms with Crippen molar-refractivity contribution in [2.75, 3.05) is 0 Å². The van der Waals surface area contributed by atoms with Gasteiger partial charge in [0.2, 0.25) is 0 Å². The smallest absolute Gasteiger partial charge is 0.282 e. The van der Waals surface area contributed by atoms with Crippen LogP contribution >= 0.6 is 23.1 Å². The third kappa shape index (κ3) is 1.73. The fourth-order valence-electron chi connectivity index (χ4n) is 1.07. The van der Waals surface area contributed by atoms with E-state index in [0.29, 0.717) is 4.91 Å². The Morgan fingerprint density at radius 3 is 2.71 bits per heavy atom. The van der Waals surface area contributed by atoms with Crippen LogP contribution in [-0.4, -0.2) is 11.1 Å². The van der Waals surface area contributed by atoms with Gasteiger partial charge in [0.15, 0.2) is 0 Å². The number of hydrogen-bond acceptors (Lipinski definition) is 4. The van der Waals surface area contributed by atoms with Crippen molar-refractivity contribution in [2.24, 2.45) is 0 Å². The number of carbonyl (C=O) groups excluding carboxylic acids is 2. The molecule has 2 rings (SSSR count). The van der Waals surface area contributed by atoms with Crippen LogP contribution in [0, 0.1) is 6.92 Å². The molecule has 3 nitrogen and oxygen atoms in total. The summed E-state index contributed by atoms with van der Waals surface area (Å²) in [6, 6.07) is 1.98. The Bertz CT molecular complexity index is 434. The van der Waals surface area contributed by atoms with Crippen LogP contribution in [-0.2, 0) is 4.79 Å². The highest BCUT2D eigenvalue weighted by Crippen LogP contribution is 2.28. The zero-order chi connectivity index (χ0) is 10.1. The van der Waals surface area contributed by atoms with Crippen molar-refractivity contribution < 1.29 is 9.59 Å². The van der Waals surface area contributed by atoms with E-state index in [-0.39, 0.29) is 11.1 Å². The lowest BCUT2D eigenvalue weighted by molar-refractivity contribution is -0.115. The number of carbonyl (C=O) groups is 2. The quantitative estimate of drug-likeness (QED) is 0.746. The minimum atomic E-state index is -0.298. The van der Waals surface area contributed by atoms with Gasteiger partial charge in [-0.05, 0) is 41.8 Å². The molecule has 0 atom stereocenters. The topological polar surface area (TPSA) is 46.2 Å². The number of thioether (sulfide) groups is 1. The first-order chi connectivity index (χ1) is 6.66. The maximum Gasteiger partial charge on any atom is 0.290 e. The summed E-state index contributed by atoms with van der Waals surface area (Å²) in [6.45, 7) is 1.97. The van der Waals surface area contributed by atoms with E-state index in [0.717, 1.165) is 22.2 Å². The average Bonchev–Trinajstić information content (AvgIpc) is 2.62. The van der Waals surface area contributed by atoms with Crippen molar-refractivity contribution in [1.29, 1.82) is 0 Å². The Balaban J connectivity index is 2.32. The number of aryl methyl sites for hydroxylation is 1. The molecule has 0 unspecified atom stereocenters. The van der Waals surface area contributed by atoms with Gasteiger partial charge < -0.3 is 0 Å². The number of nitrogens with one attached hydrogen (secondary N) is 1. The van der Waals surface area contributed by atoms with Gasteiger partial charge >= 0.3 is 0 Å². The maximum absolute atomic E-state index is 11.2. The molecule has 14 heavy (non-hydrogen) atoms. The van der Waals surface area contributed by atoms with Gasteiger partial charge in [0.25, 0.3) is 11.1 Å². The standard InChI is InChI=1S/C9H7NO2S2/c1-5-2-3-13-6(5)4-7-8(11)10-9(12)14-7/h2-4H,1H3,(H,10,11,12)/b7-4-. The van der Waals surface area contributed by atoms with E-state index in [1.54, 1.807) is 17.4 Å². The van der Waals surface area contributed by atoms with Crippen LogP contribution in [0.1, 0.15) is 10.4 Å². The fourth-order valence-corrected chi connectivity index (χ4v) is 2.67. The molecular formula is C9H7NO2S2.